The first-order valence-corrected chi connectivity index (χ1v) is 9.71. The number of hydrogen-bond acceptors (Lipinski definition) is 5. The summed E-state index contributed by atoms with van der Waals surface area (Å²) in [5, 5.41) is 9.43. The average Bonchev–Trinajstić information content (AvgIpc) is 3.36. The zero-order valence-corrected chi connectivity index (χ0v) is 15.4. The Bertz CT molecular complexity index is 488. The van der Waals surface area contributed by atoms with Gasteiger partial charge in [0, 0.05) is 25.7 Å². The number of carbonyl (C=O) groups is 1. The third-order valence-corrected chi connectivity index (χ3v) is 4.22. The molecular weight excluding hydrogens is 320 g/mol. The summed E-state index contributed by atoms with van der Waals surface area (Å²) in [5.74, 6) is 1.68. The van der Waals surface area contributed by atoms with Crippen LogP contribution in [-0.2, 0) is 11.3 Å². The second kappa shape index (κ2) is 11.8. The molecule has 2 N–H and O–H groups in total. The predicted octanol–water partition coefficient (Wildman–Crippen LogP) is 3.51. The average molecular weight is 352 g/mol. The molecule has 25 heavy (non-hydrogen) atoms. The molecule has 1 heterocycles. The van der Waals surface area contributed by atoms with E-state index in [1.54, 1.807) is 0 Å². The van der Waals surface area contributed by atoms with Gasteiger partial charge in [-0.3, -0.25) is 0 Å². The number of carbonyl (C=O) groups excluding carboxylic acids is 1. The number of urea groups is 1. The Morgan fingerprint density at radius 2 is 1.88 bits per heavy atom. The zero-order chi connectivity index (χ0) is 17.7. The monoisotopic (exact) mass is 352 g/mol. The lowest BCUT2D eigenvalue weighted by atomic mass is 10.1. The van der Waals surface area contributed by atoms with Crippen LogP contribution in [0.3, 0.4) is 0 Å². The summed E-state index contributed by atoms with van der Waals surface area (Å²) < 4.78 is 10.7. The Labute approximate surface area is 150 Å². The summed E-state index contributed by atoms with van der Waals surface area (Å²) in [7, 11) is 0. The quantitative estimate of drug-likeness (QED) is 0.500. The molecule has 1 fully saturated rings. The van der Waals surface area contributed by atoms with Gasteiger partial charge in [0.05, 0.1) is 6.54 Å². The van der Waals surface area contributed by atoms with Crippen LogP contribution >= 0.6 is 0 Å². The van der Waals surface area contributed by atoms with Gasteiger partial charge < -0.3 is 19.9 Å². The molecule has 1 aliphatic rings. The molecule has 2 amide bonds. The van der Waals surface area contributed by atoms with Gasteiger partial charge in [0.1, 0.15) is 0 Å². The highest BCUT2D eigenvalue weighted by Crippen LogP contribution is 2.37. The third-order valence-electron chi connectivity index (χ3n) is 4.22. The summed E-state index contributed by atoms with van der Waals surface area (Å²) in [6, 6.07) is -0.220. The molecule has 0 aromatic carbocycles. The minimum absolute atomic E-state index is 0.220. The van der Waals surface area contributed by atoms with Crippen LogP contribution in [-0.4, -0.2) is 35.9 Å². The van der Waals surface area contributed by atoms with E-state index in [0.29, 0.717) is 25.0 Å². The van der Waals surface area contributed by atoms with Gasteiger partial charge in [-0.1, -0.05) is 44.2 Å². The summed E-state index contributed by atoms with van der Waals surface area (Å²) in [4.78, 5) is 15.9. The molecule has 1 saturated carbocycles. The van der Waals surface area contributed by atoms with Crippen molar-refractivity contribution in [2.75, 3.05) is 19.8 Å². The Hall–Kier alpha value is -1.63. The molecule has 0 radical (unpaired) electrons. The van der Waals surface area contributed by atoms with Gasteiger partial charge >= 0.3 is 6.03 Å². The van der Waals surface area contributed by atoms with Crippen molar-refractivity contribution in [1.82, 2.24) is 20.8 Å². The normalized spacial score (nSPS) is 13.8. The fourth-order valence-electron chi connectivity index (χ4n) is 2.53. The van der Waals surface area contributed by atoms with Crippen LogP contribution in [0.4, 0.5) is 4.79 Å². The van der Waals surface area contributed by atoms with Crippen LogP contribution in [0, 0.1) is 0 Å². The lowest BCUT2D eigenvalue weighted by Gasteiger charge is -2.07. The second-order valence-corrected chi connectivity index (χ2v) is 6.66. The minimum atomic E-state index is -0.220. The smallest absolute Gasteiger partial charge is 0.315 e. The molecule has 142 valence electrons. The predicted molar refractivity (Wildman–Crippen MR) is 95.3 cm³/mol. The van der Waals surface area contributed by atoms with Crippen molar-refractivity contribution in [3.8, 4) is 0 Å². The van der Waals surface area contributed by atoms with Gasteiger partial charge in [0.2, 0.25) is 5.89 Å². The van der Waals surface area contributed by atoms with Gasteiger partial charge in [-0.2, -0.15) is 4.98 Å². The minimum Gasteiger partial charge on any atom is -0.381 e. The topological polar surface area (TPSA) is 89.3 Å². The number of nitrogens with one attached hydrogen (secondary N) is 2. The molecule has 0 aliphatic heterocycles. The van der Waals surface area contributed by atoms with Gasteiger partial charge in [0.15, 0.2) is 5.82 Å². The van der Waals surface area contributed by atoms with Crippen LogP contribution in [0.25, 0.3) is 0 Å². The molecule has 0 atom stereocenters. The summed E-state index contributed by atoms with van der Waals surface area (Å²) in [6.07, 6.45) is 10.7. The molecule has 7 heteroatoms. The molecule has 1 aliphatic carbocycles. The zero-order valence-electron chi connectivity index (χ0n) is 15.4. The fraction of sp³-hybridized carbons (Fsp3) is 0.833. The SMILES string of the molecule is CCCCCCCCOCCCNC(=O)NCc1nc(C2CC2)no1. The molecular formula is C18H32N4O3. The van der Waals surface area contributed by atoms with Crippen molar-refractivity contribution in [3.63, 3.8) is 0 Å². The highest BCUT2D eigenvalue weighted by Gasteiger charge is 2.28. The van der Waals surface area contributed by atoms with Crippen LogP contribution < -0.4 is 10.6 Å². The Morgan fingerprint density at radius 3 is 2.68 bits per heavy atom. The maximum absolute atomic E-state index is 11.7. The van der Waals surface area contributed by atoms with Crippen LogP contribution in [0.2, 0.25) is 0 Å². The Balaban J connectivity index is 1.37. The molecule has 1 aromatic heterocycles. The maximum atomic E-state index is 11.7. The van der Waals surface area contributed by atoms with E-state index in [-0.39, 0.29) is 12.6 Å². The lowest BCUT2D eigenvalue weighted by molar-refractivity contribution is 0.127. The first kappa shape index (κ1) is 19.7. The lowest BCUT2D eigenvalue weighted by Crippen LogP contribution is -2.36. The van der Waals surface area contributed by atoms with Crippen molar-refractivity contribution >= 4 is 6.03 Å². The number of unbranched alkanes of at least 4 members (excludes halogenated alkanes) is 5. The van der Waals surface area contributed by atoms with E-state index in [1.807, 2.05) is 0 Å². The van der Waals surface area contributed by atoms with E-state index in [2.05, 4.69) is 27.7 Å². The number of amides is 2. The van der Waals surface area contributed by atoms with Gasteiger partial charge in [0.25, 0.3) is 0 Å². The van der Waals surface area contributed by atoms with Crippen molar-refractivity contribution in [2.45, 2.75) is 77.2 Å². The standard InChI is InChI=1S/C18H32N4O3/c1-2-3-4-5-6-7-12-24-13-8-11-19-18(23)20-14-16-21-17(22-25-16)15-9-10-15/h15H,2-14H2,1H3,(H2,19,20,23). The molecule has 0 unspecified atom stereocenters. The van der Waals surface area contributed by atoms with E-state index >= 15 is 0 Å². The van der Waals surface area contributed by atoms with Gasteiger partial charge in [-0.15, -0.1) is 0 Å². The number of nitrogens with zero attached hydrogens (tertiary/aromatic N) is 2. The fourth-order valence-corrected chi connectivity index (χ4v) is 2.53. The third kappa shape index (κ3) is 8.86. The molecule has 7 nitrogen and oxygen atoms in total. The van der Waals surface area contributed by atoms with Crippen molar-refractivity contribution in [2.24, 2.45) is 0 Å². The molecule has 2 rings (SSSR count). The van der Waals surface area contributed by atoms with Crippen LogP contribution in [0.15, 0.2) is 4.52 Å². The Morgan fingerprint density at radius 1 is 1.12 bits per heavy atom. The first-order valence-electron chi connectivity index (χ1n) is 9.71. The second-order valence-electron chi connectivity index (χ2n) is 6.66. The van der Waals surface area contributed by atoms with Crippen LogP contribution in [0.1, 0.15) is 82.3 Å². The first-order chi connectivity index (χ1) is 12.3. The van der Waals surface area contributed by atoms with E-state index in [4.69, 9.17) is 9.26 Å². The largest absolute Gasteiger partial charge is 0.381 e. The summed E-state index contributed by atoms with van der Waals surface area (Å²) in [5.41, 5.74) is 0. The van der Waals surface area contributed by atoms with E-state index in [9.17, 15) is 4.79 Å². The van der Waals surface area contributed by atoms with Crippen LogP contribution in [0.5, 0.6) is 0 Å². The summed E-state index contributed by atoms with van der Waals surface area (Å²) in [6.45, 7) is 4.59. The summed E-state index contributed by atoms with van der Waals surface area (Å²) >= 11 is 0. The number of rotatable bonds is 14. The van der Waals surface area contributed by atoms with Gasteiger partial charge in [-0.25, -0.2) is 4.79 Å². The van der Waals surface area contributed by atoms with Crippen molar-refractivity contribution in [3.05, 3.63) is 11.7 Å². The van der Waals surface area contributed by atoms with Crippen molar-refractivity contribution < 1.29 is 14.1 Å². The maximum Gasteiger partial charge on any atom is 0.315 e. The number of ether oxygens (including phenoxy) is 1. The van der Waals surface area contributed by atoms with Crippen molar-refractivity contribution in [1.29, 1.82) is 0 Å². The van der Waals surface area contributed by atoms with Gasteiger partial charge in [-0.05, 0) is 25.7 Å². The van der Waals surface area contributed by atoms with E-state index < -0.39 is 0 Å². The number of hydrogen-bond donors (Lipinski definition) is 2. The number of aromatic nitrogens is 2. The van der Waals surface area contributed by atoms with E-state index in [1.165, 1.54) is 32.1 Å². The highest BCUT2D eigenvalue weighted by molar-refractivity contribution is 5.73. The van der Waals surface area contributed by atoms with E-state index in [0.717, 1.165) is 38.1 Å². The highest BCUT2D eigenvalue weighted by atomic mass is 16.5. The molecule has 1 aromatic rings. The molecule has 0 saturated heterocycles. The molecule has 0 spiro atoms. The molecule has 0 bridgehead atoms. The Kier molecular flexibility index (Phi) is 9.33.